The van der Waals surface area contributed by atoms with Crippen LogP contribution < -0.4 is 0 Å². The van der Waals surface area contributed by atoms with E-state index in [9.17, 15) is 18.0 Å². The molecule has 1 rings (SSSR count). The molecule has 0 radical (unpaired) electrons. The number of aromatic nitrogens is 1. The Kier molecular flexibility index (Phi) is 3.18. The summed E-state index contributed by atoms with van der Waals surface area (Å²) < 4.78 is 36.3. The molecule has 0 saturated heterocycles. The maximum atomic E-state index is 12.3. The summed E-state index contributed by atoms with van der Waals surface area (Å²) in [6.45, 7) is 0. The fourth-order valence-electron chi connectivity index (χ4n) is 0.717. The highest BCUT2D eigenvalue weighted by Gasteiger charge is 2.39. The predicted octanol–water partition coefficient (Wildman–Crippen LogP) is 3.27. The van der Waals surface area contributed by atoms with E-state index in [4.69, 9.17) is 17.1 Å². The molecule has 1 aromatic rings. The molecule has 1 heterocycles. The Balaban J connectivity index is 3.29. The van der Waals surface area contributed by atoms with Gasteiger partial charge in [-0.15, -0.1) is 0 Å². The second kappa shape index (κ2) is 4.05. The van der Waals surface area contributed by atoms with Crippen LogP contribution in [0.25, 0.3) is 10.4 Å². The third-order valence-corrected chi connectivity index (χ3v) is 2.35. The monoisotopic (exact) mass is 256 g/mol. The summed E-state index contributed by atoms with van der Waals surface area (Å²) >= 11 is 5.55. The fraction of sp³-hybridized carbons (Fsp3) is 0.200. The first kappa shape index (κ1) is 11.8. The van der Waals surface area contributed by atoms with Crippen LogP contribution in [0, 0.1) is 0 Å². The third kappa shape index (κ3) is 2.58. The van der Waals surface area contributed by atoms with Crippen LogP contribution in [0.15, 0.2) is 5.11 Å². The average Bonchev–Trinajstić information content (AvgIpc) is 2.47. The number of hydrogen-bond acceptors (Lipinski definition) is 3. The van der Waals surface area contributed by atoms with Crippen molar-refractivity contribution in [3.8, 4) is 0 Å². The van der Waals surface area contributed by atoms with Gasteiger partial charge in [-0.2, -0.15) is 13.2 Å². The van der Waals surface area contributed by atoms with Gasteiger partial charge < -0.3 is 0 Å². The van der Waals surface area contributed by atoms with Gasteiger partial charge in [0.2, 0.25) is 0 Å². The summed E-state index contributed by atoms with van der Waals surface area (Å²) in [6.07, 6.45) is -4.81. The van der Waals surface area contributed by atoms with E-state index >= 15 is 0 Å². The summed E-state index contributed by atoms with van der Waals surface area (Å²) in [6, 6.07) is 0. The van der Waals surface area contributed by atoms with Gasteiger partial charge in [0.05, 0.1) is 0 Å². The topological polar surface area (TPSA) is 78.7 Å². The molecule has 0 aromatic carbocycles. The van der Waals surface area contributed by atoms with Crippen molar-refractivity contribution in [3.05, 3.63) is 25.5 Å². The quantitative estimate of drug-likeness (QED) is 0.439. The van der Waals surface area contributed by atoms with Gasteiger partial charge in [-0.25, -0.2) is 4.98 Å². The van der Waals surface area contributed by atoms with E-state index in [0.717, 1.165) is 0 Å². The standard InChI is InChI=1S/C5ClF3N4OS/c6-4-11-2(5(7,8)9)1(15-4)3(14)12-13-10. The average molecular weight is 257 g/mol. The van der Waals surface area contributed by atoms with Crippen molar-refractivity contribution < 1.29 is 18.0 Å². The molecule has 5 nitrogen and oxygen atoms in total. The summed E-state index contributed by atoms with van der Waals surface area (Å²) in [5.74, 6) is -1.35. The van der Waals surface area contributed by atoms with Crippen LogP contribution in [0.2, 0.25) is 4.47 Å². The highest BCUT2D eigenvalue weighted by molar-refractivity contribution is 7.17. The fourth-order valence-corrected chi connectivity index (χ4v) is 1.72. The summed E-state index contributed by atoms with van der Waals surface area (Å²) in [4.78, 5) is 15.1. The van der Waals surface area contributed by atoms with E-state index in [1.165, 1.54) is 0 Å². The van der Waals surface area contributed by atoms with Crippen molar-refractivity contribution in [2.24, 2.45) is 5.11 Å². The van der Waals surface area contributed by atoms with Crippen LogP contribution in [0.4, 0.5) is 13.2 Å². The number of amides is 1. The minimum atomic E-state index is -4.81. The molecule has 1 amide bonds. The first-order valence-electron chi connectivity index (χ1n) is 3.19. The Labute approximate surface area is 89.1 Å². The molecule has 0 bridgehead atoms. The van der Waals surface area contributed by atoms with Crippen molar-refractivity contribution in [2.75, 3.05) is 0 Å². The number of hydrogen-bond donors (Lipinski definition) is 0. The van der Waals surface area contributed by atoms with E-state index in [0.29, 0.717) is 11.3 Å². The second-order valence-corrected chi connectivity index (χ2v) is 3.72. The Morgan fingerprint density at radius 2 is 2.20 bits per heavy atom. The van der Waals surface area contributed by atoms with E-state index in [-0.39, 0.29) is 0 Å². The van der Waals surface area contributed by atoms with Crippen LogP contribution in [0.3, 0.4) is 0 Å². The molecule has 0 aliphatic heterocycles. The summed E-state index contributed by atoms with van der Waals surface area (Å²) in [7, 11) is 0. The molecular weight excluding hydrogens is 257 g/mol. The van der Waals surface area contributed by atoms with Gasteiger partial charge in [-0.1, -0.05) is 22.9 Å². The van der Waals surface area contributed by atoms with Crippen molar-refractivity contribution in [1.82, 2.24) is 4.98 Å². The minimum absolute atomic E-state index is 0.309. The van der Waals surface area contributed by atoms with Crippen LogP contribution in [-0.2, 0) is 6.18 Å². The minimum Gasteiger partial charge on any atom is -0.286 e. The summed E-state index contributed by atoms with van der Waals surface area (Å²) in [5.41, 5.74) is 6.47. The van der Waals surface area contributed by atoms with Crippen molar-refractivity contribution in [3.63, 3.8) is 0 Å². The lowest BCUT2D eigenvalue weighted by Gasteiger charge is -2.02. The van der Waals surface area contributed by atoms with E-state index in [2.05, 4.69) is 15.0 Å². The Hall–Kier alpha value is -1.31. The Bertz CT molecular complexity index is 450. The number of azide groups is 1. The van der Waals surface area contributed by atoms with Gasteiger partial charge in [0.15, 0.2) is 10.2 Å². The van der Waals surface area contributed by atoms with Crippen LogP contribution >= 0.6 is 22.9 Å². The first-order chi connectivity index (χ1) is 6.86. The number of carbonyl (C=O) groups excluding carboxylic acids is 1. The highest BCUT2D eigenvalue weighted by Crippen LogP contribution is 2.36. The molecule has 1 aromatic heterocycles. The molecule has 10 heteroatoms. The number of rotatable bonds is 1. The molecule has 0 saturated carbocycles. The van der Waals surface area contributed by atoms with Gasteiger partial charge >= 0.3 is 6.18 Å². The van der Waals surface area contributed by atoms with Gasteiger partial charge in [-0.05, 0) is 10.6 Å². The number of alkyl halides is 3. The van der Waals surface area contributed by atoms with E-state index < -0.39 is 27.1 Å². The van der Waals surface area contributed by atoms with E-state index in [1.54, 1.807) is 0 Å². The SMILES string of the molecule is [N-]=[N+]=NC(=O)c1sc(Cl)nc1C(F)(F)F. The zero-order valence-corrected chi connectivity index (χ0v) is 8.19. The highest BCUT2D eigenvalue weighted by atomic mass is 35.5. The third-order valence-electron chi connectivity index (χ3n) is 1.20. The number of halogens is 4. The van der Waals surface area contributed by atoms with Gasteiger partial charge in [0, 0.05) is 4.91 Å². The Morgan fingerprint density at radius 3 is 2.67 bits per heavy atom. The predicted molar refractivity (Wildman–Crippen MR) is 45.6 cm³/mol. The van der Waals surface area contributed by atoms with Gasteiger partial charge in [0.1, 0.15) is 4.88 Å². The first-order valence-corrected chi connectivity index (χ1v) is 4.38. The second-order valence-electron chi connectivity index (χ2n) is 2.14. The molecule has 15 heavy (non-hydrogen) atoms. The van der Waals surface area contributed by atoms with Crippen LogP contribution in [0.1, 0.15) is 15.4 Å². The zero-order valence-electron chi connectivity index (χ0n) is 6.62. The zero-order chi connectivity index (χ0) is 11.6. The van der Waals surface area contributed by atoms with Crippen LogP contribution in [-0.4, -0.2) is 10.9 Å². The normalized spacial score (nSPS) is 10.9. The number of thiazole rings is 1. The lowest BCUT2D eigenvalue weighted by atomic mass is 10.3. The van der Waals surface area contributed by atoms with Gasteiger partial charge in [-0.3, -0.25) is 4.79 Å². The van der Waals surface area contributed by atoms with Crippen molar-refractivity contribution in [1.29, 1.82) is 0 Å². The molecule has 0 fully saturated rings. The molecule has 0 aliphatic carbocycles. The van der Waals surface area contributed by atoms with Crippen LogP contribution in [0.5, 0.6) is 0 Å². The lowest BCUT2D eigenvalue weighted by molar-refractivity contribution is -0.141. The van der Waals surface area contributed by atoms with E-state index in [1.807, 2.05) is 0 Å². The number of carbonyl (C=O) groups is 1. The molecule has 0 unspecified atom stereocenters. The molecular formula is C5ClF3N4OS. The Morgan fingerprint density at radius 1 is 1.60 bits per heavy atom. The van der Waals surface area contributed by atoms with Crippen molar-refractivity contribution >= 4 is 28.8 Å². The maximum Gasteiger partial charge on any atom is 0.434 e. The molecule has 0 N–H and O–H groups in total. The molecule has 0 aliphatic rings. The smallest absolute Gasteiger partial charge is 0.286 e. The summed E-state index contributed by atoms with van der Waals surface area (Å²) in [5, 5.41) is 2.54. The lowest BCUT2D eigenvalue weighted by Crippen LogP contribution is -2.10. The molecule has 80 valence electrons. The van der Waals surface area contributed by atoms with Gasteiger partial charge in [0.25, 0.3) is 5.91 Å². The largest absolute Gasteiger partial charge is 0.434 e. The number of nitrogens with zero attached hydrogens (tertiary/aromatic N) is 4. The maximum absolute atomic E-state index is 12.3. The molecule has 0 atom stereocenters. The molecule has 0 spiro atoms. The van der Waals surface area contributed by atoms with Crippen molar-refractivity contribution in [2.45, 2.75) is 6.18 Å².